The van der Waals surface area contributed by atoms with E-state index in [4.69, 9.17) is 14.7 Å². The first-order valence-corrected chi connectivity index (χ1v) is 9.72. The van der Waals surface area contributed by atoms with Gasteiger partial charge in [0.2, 0.25) is 5.95 Å². The van der Waals surface area contributed by atoms with E-state index >= 15 is 0 Å². The van der Waals surface area contributed by atoms with E-state index in [0.29, 0.717) is 6.04 Å². The number of nitrogens with zero attached hydrogens (tertiary/aromatic N) is 8. The molecule has 0 aromatic carbocycles. The lowest BCUT2D eigenvalue weighted by atomic mass is 10.2. The van der Waals surface area contributed by atoms with E-state index in [0.717, 1.165) is 69.0 Å². The fourth-order valence-electron chi connectivity index (χ4n) is 3.88. The maximum Gasteiger partial charge on any atom is 0.227 e. The molecular formula is C19H24N8O. The zero-order valence-corrected chi connectivity index (χ0v) is 16.0. The number of aromatic nitrogens is 5. The van der Waals surface area contributed by atoms with E-state index in [1.807, 2.05) is 30.6 Å². The highest BCUT2D eigenvalue weighted by atomic mass is 16.5. The van der Waals surface area contributed by atoms with Gasteiger partial charge in [-0.25, -0.2) is 14.5 Å². The number of morpholine rings is 1. The molecule has 0 N–H and O–H groups in total. The molecule has 0 saturated carbocycles. The third kappa shape index (κ3) is 3.22. The van der Waals surface area contributed by atoms with Gasteiger partial charge in [0.05, 0.1) is 19.4 Å². The summed E-state index contributed by atoms with van der Waals surface area (Å²) in [6, 6.07) is 6.33. The van der Waals surface area contributed by atoms with Crippen molar-refractivity contribution < 1.29 is 4.74 Å². The summed E-state index contributed by atoms with van der Waals surface area (Å²) in [5.74, 6) is 2.75. The number of fused-ring (bicyclic) bond motifs is 1. The number of anilines is 3. The van der Waals surface area contributed by atoms with Crippen molar-refractivity contribution in [3.8, 4) is 0 Å². The molecule has 5 heterocycles. The van der Waals surface area contributed by atoms with Crippen LogP contribution in [0.5, 0.6) is 0 Å². The monoisotopic (exact) mass is 380 g/mol. The topological polar surface area (TPSA) is 74.9 Å². The van der Waals surface area contributed by atoms with E-state index in [1.54, 1.807) is 10.7 Å². The minimum Gasteiger partial charge on any atom is -0.378 e. The Morgan fingerprint density at radius 1 is 1.04 bits per heavy atom. The Morgan fingerprint density at radius 3 is 2.82 bits per heavy atom. The number of ether oxygens (including phenoxy) is 1. The third-order valence-electron chi connectivity index (χ3n) is 5.56. The fraction of sp³-hybridized carbons (Fsp3) is 0.474. The number of rotatable bonds is 4. The molecule has 0 radical (unpaired) electrons. The van der Waals surface area contributed by atoms with Crippen molar-refractivity contribution in [3.05, 3.63) is 36.8 Å². The standard InChI is InChI=1S/C19H24N8O/c1-24(16-2-6-20-19(23-16)25-10-12-28-13-11-25)15-4-8-26(14-15)17-5-9-27-18(22-17)3-7-21-27/h2-3,5-7,9,15H,4,8,10-14H2,1H3. The molecule has 9 heteroatoms. The summed E-state index contributed by atoms with van der Waals surface area (Å²) in [5, 5.41) is 4.22. The van der Waals surface area contributed by atoms with Crippen LogP contribution in [0, 0.1) is 0 Å². The fourth-order valence-corrected chi connectivity index (χ4v) is 3.88. The van der Waals surface area contributed by atoms with Gasteiger partial charge < -0.3 is 19.4 Å². The largest absolute Gasteiger partial charge is 0.378 e. The molecular weight excluding hydrogens is 356 g/mol. The summed E-state index contributed by atoms with van der Waals surface area (Å²) in [6.07, 6.45) is 6.66. The SMILES string of the molecule is CN(c1ccnc(N2CCOCC2)n1)C1CCN(c2ccn3nccc3n2)C1. The number of hydrogen-bond acceptors (Lipinski definition) is 8. The molecule has 1 atom stereocenters. The first-order valence-electron chi connectivity index (χ1n) is 9.72. The highest BCUT2D eigenvalue weighted by Crippen LogP contribution is 2.25. The highest BCUT2D eigenvalue weighted by Gasteiger charge is 2.28. The molecule has 28 heavy (non-hydrogen) atoms. The summed E-state index contributed by atoms with van der Waals surface area (Å²) in [7, 11) is 2.12. The lowest BCUT2D eigenvalue weighted by molar-refractivity contribution is 0.122. The van der Waals surface area contributed by atoms with Crippen molar-refractivity contribution in [1.82, 2.24) is 24.6 Å². The van der Waals surface area contributed by atoms with E-state index < -0.39 is 0 Å². The van der Waals surface area contributed by atoms with Gasteiger partial charge in [0, 0.05) is 57.7 Å². The molecule has 9 nitrogen and oxygen atoms in total. The molecule has 2 aliphatic rings. The first kappa shape index (κ1) is 17.2. The highest BCUT2D eigenvalue weighted by molar-refractivity contribution is 5.50. The van der Waals surface area contributed by atoms with Gasteiger partial charge in [-0.05, 0) is 18.6 Å². The summed E-state index contributed by atoms with van der Waals surface area (Å²) in [5.41, 5.74) is 0.875. The summed E-state index contributed by atoms with van der Waals surface area (Å²) in [4.78, 5) is 20.8. The molecule has 1 unspecified atom stereocenters. The van der Waals surface area contributed by atoms with Crippen LogP contribution >= 0.6 is 0 Å². The van der Waals surface area contributed by atoms with Crippen LogP contribution < -0.4 is 14.7 Å². The number of likely N-dealkylation sites (N-methyl/N-ethyl adjacent to an activating group) is 1. The Labute approximate surface area is 163 Å². The first-order chi connectivity index (χ1) is 13.8. The predicted molar refractivity (Wildman–Crippen MR) is 107 cm³/mol. The van der Waals surface area contributed by atoms with Gasteiger partial charge >= 0.3 is 0 Å². The molecule has 146 valence electrons. The van der Waals surface area contributed by atoms with E-state index in [2.05, 4.69) is 31.8 Å². The summed E-state index contributed by atoms with van der Waals surface area (Å²) in [6.45, 7) is 5.05. The molecule has 3 aromatic rings. The van der Waals surface area contributed by atoms with Gasteiger partial charge in [-0.3, -0.25) is 0 Å². The predicted octanol–water partition coefficient (Wildman–Crippen LogP) is 1.07. The molecule has 2 saturated heterocycles. The van der Waals surface area contributed by atoms with Crippen molar-refractivity contribution in [2.75, 3.05) is 61.1 Å². The van der Waals surface area contributed by atoms with Gasteiger partial charge in [0.15, 0.2) is 5.65 Å². The minimum absolute atomic E-state index is 0.385. The average Bonchev–Trinajstić information content (AvgIpc) is 3.43. The molecule has 0 amide bonds. The van der Waals surface area contributed by atoms with Crippen LogP contribution in [0.25, 0.3) is 5.65 Å². The molecule has 2 aliphatic heterocycles. The molecule has 5 rings (SSSR count). The van der Waals surface area contributed by atoms with Gasteiger partial charge in [-0.15, -0.1) is 0 Å². The Balaban J connectivity index is 1.30. The zero-order valence-electron chi connectivity index (χ0n) is 16.0. The molecule has 0 bridgehead atoms. The van der Waals surface area contributed by atoms with E-state index in [9.17, 15) is 0 Å². The zero-order chi connectivity index (χ0) is 18.9. The Hall–Kier alpha value is -2.94. The van der Waals surface area contributed by atoms with E-state index in [1.165, 1.54) is 0 Å². The summed E-state index contributed by atoms with van der Waals surface area (Å²) < 4.78 is 7.22. The number of hydrogen-bond donors (Lipinski definition) is 0. The van der Waals surface area contributed by atoms with Crippen molar-refractivity contribution in [3.63, 3.8) is 0 Å². The smallest absolute Gasteiger partial charge is 0.227 e. The molecule has 0 aliphatic carbocycles. The van der Waals surface area contributed by atoms with Crippen molar-refractivity contribution in [2.24, 2.45) is 0 Å². The van der Waals surface area contributed by atoms with E-state index in [-0.39, 0.29) is 0 Å². The molecule has 2 fully saturated rings. The summed E-state index contributed by atoms with van der Waals surface area (Å²) >= 11 is 0. The van der Waals surface area contributed by atoms with Crippen molar-refractivity contribution in [1.29, 1.82) is 0 Å². The van der Waals surface area contributed by atoms with Crippen LogP contribution in [-0.2, 0) is 4.74 Å². The Bertz CT molecular complexity index is 954. The van der Waals surface area contributed by atoms with Gasteiger partial charge in [-0.2, -0.15) is 10.1 Å². The van der Waals surface area contributed by atoms with Crippen LogP contribution in [-0.4, -0.2) is 77.0 Å². The minimum atomic E-state index is 0.385. The van der Waals surface area contributed by atoms with Crippen molar-refractivity contribution >= 4 is 23.2 Å². The van der Waals surface area contributed by atoms with Crippen LogP contribution in [0.1, 0.15) is 6.42 Å². The van der Waals surface area contributed by atoms with Crippen LogP contribution in [0.15, 0.2) is 36.8 Å². The molecule has 3 aromatic heterocycles. The lowest BCUT2D eigenvalue weighted by Gasteiger charge is -2.29. The van der Waals surface area contributed by atoms with Crippen LogP contribution in [0.3, 0.4) is 0 Å². The quantitative estimate of drug-likeness (QED) is 0.665. The molecule has 0 spiro atoms. The maximum absolute atomic E-state index is 5.43. The second kappa shape index (κ2) is 7.23. The van der Waals surface area contributed by atoms with Crippen LogP contribution in [0.2, 0.25) is 0 Å². The van der Waals surface area contributed by atoms with Gasteiger partial charge in [-0.1, -0.05) is 0 Å². The third-order valence-corrected chi connectivity index (χ3v) is 5.56. The Kier molecular flexibility index (Phi) is 4.44. The van der Waals surface area contributed by atoms with Gasteiger partial charge in [0.25, 0.3) is 0 Å². The van der Waals surface area contributed by atoms with Crippen molar-refractivity contribution in [2.45, 2.75) is 12.5 Å². The Morgan fingerprint density at radius 2 is 1.93 bits per heavy atom. The second-order valence-electron chi connectivity index (χ2n) is 7.23. The lowest BCUT2D eigenvalue weighted by Crippen LogP contribution is -2.38. The maximum atomic E-state index is 5.43. The average molecular weight is 380 g/mol. The normalized spacial score (nSPS) is 20.1. The second-order valence-corrected chi connectivity index (χ2v) is 7.23. The van der Waals surface area contributed by atoms with Crippen LogP contribution in [0.4, 0.5) is 17.6 Å². The van der Waals surface area contributed by atoms with Gasteiger partial charge in [0.1, 0.15) is 11.6 Å².